The van der Waals surface area contributed by atoms with Gasteiger partial charge in [0.25, 0.3) is 5.91 Å². The zero-order chi connectivity index (χ0) is 14.8. The van der Waals surface area contributed by atoms with Crippen molar-refractivity contribution in [2.75, 3.05) is 4.90 Å². The highest BCUT2D eigenvalue weighted by atomic mass is 32.1. The molecule has 1 N–H and O–H groups in total. The minimum atomic E-state index is -0.458. The van der Waals surface area contributed by atoms with Gasteiger partial charge in [0, 0.05) is 17.6 Å². The summed E-state index contributed by atoms with van der Waals surface area (Å²) in [5.41, 5.74) is 0.630. The van der Waals surface area contributed by atoms with Crippen molar-refractivity contribution in [1.82, 2.24) is 10.3 Å². The van der Waals surface area contributed by atoms with Crippen LogP contribution in [0.4, 0.5) is 5.69 Å². The number of thiazole rings is 1. The highest BCUT2D eigenvalue weighted by molar-refractivity contribution is 7.11. The number of benzene rings is 1. The lowest BCUT2D eigenvalue weighted by molar-refractivity contribution is -0.121. The molecule has 21 heavy (non-hydrogen) atoms. The summed E-state index contributed by atoms with van der Waals surface area (Å²) >= 11 is 1.59. The van der Waals surface area contributed by atoms with Crippen molar-refractivity contribution in [2.24, 2.45) is 0 Å². The van der Waals surface area contributed by atoms with Crippen molar-refractivity contribution < 1.29 is 9.59 Å². The number of carbonyl (C=O) groups excluding carboxylic acids is 2. The molecule has 108 valence electrons. The van der Waals surface area contributed by atoms with E-state index in [1.54, 1.807) is 29.7 Å². The second-order valence-corrected chi connectivity index (χ2v) is 6.21. The quantitative estimate of drug-likeness (QED) is 0.876. The Morgan fingerprint density at radius 3 is 2.76 bits per heavy atom. The van der Waals surface area contributed by atoms with Gasteiger partial charge in [0.1, 0.15) is 0 Å². The molecule has 0 aliphatic carbocycles. The number of hydrogen-bond acceptors (Lipinski definition) is 5. The van der Waals surface area contributed by atoms with Gasteiger partial charge in [0.2, 0.25) is 5.91 Å². The predicted octanol–water partition coefficient (Wildman–Crippen LogP) is 1.87. The number of aryl methyl sites for hydroxylation is 1. The third kappa shape index (κ3) is 2.86. The van der Waals surface area contributed by atoms with Crippen molar-refractivity contribution in [1.29, 1.82) is 0 Å². The molecule has 5 nitrogen and oxygen atoms in total. The zero-order valence-corrected chi connectivity index (χ0v) is 12.4. The van der Waals surface area contributed by atoms with E-state index in [-0.39, 0.29) is 18.2 Å². The Morgan fingerprint density at radius 2 is 2.10 bits per heavy atom. The average molecular weight is 301 g/mol. The molecule has 1 fully saturated rings. The topological polar surface area (TPSA) is 62.3 Å². The van der Waals surface area contributed by atoms with E-state index < -0.39 is 6.04 Å². The van der Waals surface area contributed by atoms with Crippen molar-refractivity contribution in [2.45, 2.75) is 25.9 Å². The molecule has 3 rings (SSSR count). The number of para-hydroxylation sites is 1. The smallest absolute Gasteiger partial charge is 0.251 e. The van der Waals surface area contributed by atoms with Crippen molar-refractivity contribution in [3.05, 3.63) is 46.4 Å². The van der Waals surface area contributed by atoms with Crippen LogP contribution in [0.5, 0.6) is 0 Å². The average Bonchev–Trinajstić information content (AvgIpc) is 3.01. The Morgan fingerprint density at radius 1 is 1.33 bits per heavy atom. The monoisotopic (exact) mass is 301 g/mol. The highest BCUT2D eigenvalue weighted by Gasteiger charge is 2.39. The Labute approximate surface area is 126 Å². The van der Waals surface area contributed by atoms with Crippen LogP contribution < -0.4 is 10.2 Å². The fourth-order valence-corrected chi connectivity index (χ4v) is 3.10. The molecule has 1 atom stereocenters. The van der Waals surface area contributed by atoms with E-state index in [2.05, 4.69) is 10.3 Å². The lowest BCUT2D eigenvalue weighted by Crippen LogP contribution is -2.38. The molecule has 1 aromatic heterocycles. The lowest BCUT2D eigenvalue weighted by Gasteiger charge is -2.15. The summed E-state index contributed by atoms with van der Waals surface area (Å²) < 4.78 is 0. The molecule has 1 aliphatic heterocycles. The van der Waals surface area contributed by atoms with Gasteiger partial charge in [-0.3, -0.25) is 9.59 Å². The number of hydrogen-bond donors (Lipinski definition) is 1. The van der Waals surface area contributed by atoms with Crippen molar-refractivity contribution in [3.8, 4) is 0 Å². The maximum Gasteiger partial charge on any atom is 0.251 e. The fourth-order valence-electron chi connectivity index (χ4n) is 2.35. The summed E-state index contributed by atoms with van der Waals surface area (Å²) in [6, 6.07) is 8.57. The molecule has 2 amide bonds. The van der Waals surface area contributed by atoms with Gasteiger partial charge < -0.3 is 5.32 Å². The van der Waals surface area contributed by atoms with E-state index >= 15 is 0 Å². The molecule has 1 unspecified atom stereocenters. The van der Waals surface area contributed by atoms with Crippen LogP contribution in [0.25, 0.3) is 0 Å². The normalized spacial score (nSPS) is 18.5. The molecule has 1 saturated heterocycles. The second-order valence-electron chi connectivity index (χ2n) is 4.89. The number of anilines is 1. The van der Waals surface area contributed by atoms with Crippen molar-refractivity contribution in [3.63, 3.8) is 0 Å². The standard InChI is InChI=1S/C15H15N3O2S/c1-10-16-8-12(21-10)9-17-13-7-14(19)18(15(13)20)11-5-3-2-4-6-11/h2-6,8,13,17H,7,9H2,1H3. The van der Waals surface area contributed by atoms with Crippen LogP contribution in [0.15, 0.2) is 36.5 Å². The van der Waals surface area contributed by atoms with E-state index in [0.29, 0.717) is 12.2 Å². The summed E-state index contributed by atoms with van der Waals surface area (Å²) in [4.78, 5) is 30.9. The molecular weight excluding hydrogens is 286 g/mol. The number of rotatable bonds is 4. The maximum absolute atomic E-state index is 12.4. The molecular formula is C15H15N3O2S. The third-order valence-corrected chi connectivity index (χ3v) is 4.27. The van der Waals surface area contributed by atoms with Crippen LogP contribution in [-0.4, -0.2) is 22.8 Å². The summed E-state index contributed by atoms with van der Waals surface area (Å²) in [5, 5.41) is 4.14. The Balaban J connectivity index is 1.69. The number of imide groups is 1. The fraction of sp³-hybridized carbons (Fsp3) is 0.267. The summed E-state index contributed by atoms with van der Waals surface area (Å²) in [7, 11) is 0. The lowest BCUT2D eigenvalue weighted by atomic mass is 10.2. The van der Waals surface area contributed by atoms with Crippen LogP contribution in [0.1, 0.15) is 16.3 Å². The Hall–Kier alpha value is -2.05. The molecule has 6 heteroatoms. The second kappa shape index (κ2) is 5.75. The van der Waals surface area contributed by atoms with Gasteiger partial charge in [-0.05, 0) is 19.1 Å². The first kappa shape index (κ1) is 13.9. The van der Waals surface area contributed by atoms with Crippen LogP contribution in [0.2, 0.25) is 0 Å². The van der Waals surface area contributed by atoms with E-state index in [1.165, 1.54) is 4.90 Å². The van der Waals surface area contributed by atoms with Gasteiger partial charge in [-0.25, -0.2) is 9.88 Å². The van der Waals surface area contributed by atoms with Crippen LogP contribution in [0.3, 0.4) is 0 Å². The molecule has 0 bridgehead atoms. The summed E-state index contributed by atoms with van der Waals surface area (Å²) in [6.07, 6.45) is 1.99. The van der Waals surface area contributed by atoms with Crippen molar-refractivity contribution >= 4 is 28.8 Å². The largest absolute Gasteiger partial charge is 0.300 e. The minimum Gasteiger partial charge on any atom is -0.300 e. The first-order valence-electron chi connectivity index (χ1n) is 6.71. The number of carbonyl (C=O) groups is 2. The first-order chi connectivity index (χ1) is 10.1. The molecule has 2 heterocycles. The highest BCUT2D eigenvalue weighted by Crippen LogP contribution is 2.22. The zero-order valence-electron chi connectivity index (χ0n) is 11.6. The number of nitrogens with zero attached hydrogens (tertiary/aromatic N) is 2. The third-order valence-electron chi connectivity index (χ3n) is 3.35. The molecule has 0 spiro atoms. The predicted molar refractivity (Wildman–Crippen MR) is 81.0 cm³/mol. The Kier molecular flexibility index (Phi) is 3.81. The summed E-state index contributed by atoms with van der Waals surface area (Å²) in [6.45, 7) is 2.49. The van der Waals surface area contributed by atoms with E-state index in [0.717, 1.165) is 9.88 Å². The molecule has 2 aromatic rings. The molecule has 0 radical (unpaired) electrons. The van der Waals surface area contributed by atoms with Gasteiger partial charge in [-0.1, -0.05) is 18.2 Å². The maximum atomic E-state index is 12.4. The van der Waals surface area contributed by atoms with Gasteiger partial charge in [-0.2, -0.15) is 0 Å². The van der Waals surface area contributed by atoms with Crippen LogP contribution in [0, 0.1) is 6.92 Å². The Bertz CT molecular complexity index is 669. The first-order valence-corrected chi connectivity index (χ1v) is 7.53. The van der Waals surface area contributed by atoms with Gasteiger partial charge >= 0.3 is 0 Å². The SMILES string of the molecule is Cc1ncc(CNC2CC(=O)N(c3ccccc3)C2=O)s1. The number of aromatic nitrogens is 1. The molecule has 1 aliphatic rings. The van der Waals surface area contributed by atoms with Crippen LogP contribution in [-0.2, 0) is 16.1 Å². The van der Waals surface area contributed by atoms with Gasteiger partial charge in [0.05, 0.1) is 23.2 Å². The minimum absolute atomic E-state index is 0.163. The van der Waals surface area contributed by atoms with Crippen LogP contribution >= 0.6 is 11.3 Å². The van der Waals surface area contributed by atoms with Gasteiger partial charge in [0.15, 0.2) is 0 Å². The number of amides is 2. The van der Waals surface area contributed by atoms with Gasteiger partial charge in [-0.15, -0.1) is 11.3 Å². The van der Waals surface area contributed by atoms with E-state index in [4.69, 9.17) is 0 Å². The van der Waals surface area contributed by atoms with E-state index in [9.17, 15) is 9.59 Å². The van der Waals surface area contributed by atoms with E-state index in [1.807, 2.05) is 25.1 Å². The molecule has 0 saturated carbocycles. The summed E-state index contributed by atoms with van der Waals surface area (Å²) in [5.74, 6) is -0.350. The molecule has 1 aromatic carbocycles. The number of nitrogens with one attached hydrogen (secondary N) is 1.